The van der Waals surface area contributed by atoms with E-state index in [9.17, 15) is 0 Å². The summed E-state index contributed by atoms with van der Waals surface area (Å²) in [7, 11) is 2.03. The van der Waals surface area contributed by atoms with Crippen LogP contribution in [0.25, 0.3) is 0 Å². The minimum Gasteiger partial charge on any atom is -0.312 e. The molecule has 0 aliphatic carbocycles. The molecule has 0 spiro atoms. The molecule has 1 unspecified atom stereocenters. The third-order valence-corrected chi connectivity index (χ3v) is 3.46. The predicted molar refractivity (Wildman–Crippen MR) is 82.2 cm³/mol. The lowest BCUT2D eigenvalue weighted by Crippen LogP contribution is -2.39. The van der Waals surface area contributed by atoms with Crippen molar-refractivity contribution in [1.82, 2.24) is 15.1 Å². The van der Waals surface area contributed by atoms with Gasteiger partial charge in [0.1, 0.15) is 0 Å². The van der Waals surface area contributed by atoms with E-state index in [1.807, 2.05) is 17.9 Å². The summed E-state index contributed by atoms with van der Waals surface area (Å²) in [6.07, 6.45) is 5.54. The number of hydrogen-bond donors (Lipinski definition) is 1. The van der Waals surface area contributed by atoms with Crippen LogP contribution < -0.4 is 5.32 Å². The first kappa shape index (κ1) is 16.2. The molecule has 1 rings (SSSR count). The van der Waals surface area contributed by atoms with Gasteiger partial charge in [0.25, 0.3) is 0 Å². The lowest BCUT2D eigenvalue weighted by atomic mass is 9.91. The Morgan fingerprint density at radius 2 is 2.00 bits per heavy atom. The fourth-order valence-corrected chi connectivity index (χ4v) is 2.42. The third-order valence-electron chi connectivity index (χ3n) is 3.46. The van der Waals surface area contributed by atoms with Gasteiger partial charge in [-0.15, -0.1) is 0 Å². The first-order chi connectivity index (χ1) is 8.78. The molecule has 19 heavy (non-hydrogen) atoms. The van der Waals surface area contributed by atoms with Crippen molar-refractivity contribution in [3.8, 4) is 0 Å². The third kappa shape index (κ3) is 6.76. The zero-order valence-corrected chi connectivity index (χ0v) is 13.5. The van der Waals surface area contributed by atoms with Gasteiger partial charge in [-0.1, -0.05) is 13.8 Å². The van der Waals surface area contributed by atoms with Gasteiger partial charge in [0.05, 0.1) is 0 Å². The standard InChI is InChI=1S/C16H31N3/c1-13(2)11-14(12-17-16(3,4)5)7-8-15-9-10-18-19(15)6/h9-10,13-14,17H,7-8,11-12H2,1-6H3. The Balaban J connectivity index is 2.47. The lowest BCUT2D eigenvalue weighted by molar-refractivity contribution is 0.318. The number of aryl methyl sites for hydroxylation is 2. The van der Waals surface area contributed by atoms with Gasteiger partial charge in [0, 0.05) is 24.5 Å². The van der Waals surface area contributed by atoms with Gasteiger partial charge in [-0.25, -0.2) is 0 Å². The molecule has 1 heterocycles. The molecule has 0 aromatic carbocycles. The van der Waals surface area contributed by atoms with E-state index in [1.165, 1.54) is 18.5 Å². The maximum Gasteiger partial charge on any atom is 0.0492 e. The molecule has 0 fully saturated rings. The zero-order valence-electron chi connectivity index (χ0n) is 13.5. The van der Waals surface area contributed by atoms with E-state index >= 15 is 0 Å². The van der Waals surface area contributed by atoms with Crippen molar-refractivity contribution in [2.45, 2.75) is 59.4 Å². The number of hydrogen-bond acceptors (Lipinski definition) is 2. The topological polar surface area (TPSA) is 29.9 Å². The van der Waals surface area contributed by atoms with Crippen LogP contribution in [-0.4, -0.2) is 21.9 Å². The highest BCUT2D eigenvalue weighted by Crippen LogP contribution is 2.18. The summed E-state index contributed by atoms with van der Waals surface area (Å²) in [5.41, 5.74) is 1.55. The Hall–Kier alpha value is -0.830. The van der Waals surface area contributed by atoms with Crippen LogP contribution in [0.15, 0.2) is 12.3 Å². The number of nitrogens with zero attached hydrogens (tertiary/aromatic N) is 2. The molecule has 1 aromatic heterocycles. The molecule has 110 valence electrons. The van der Waals surface area contributed by atoms with Crippen LogP contribution in [0.2, 0.25) is 0 Å². The van der Waals surface area contributed by atoms with Crippen LogP contribution in [-0.2, 0) is 13.5 Å². The summed E-state index contributed by atoms with van der Waals surface area (Å²) in [5, 5.41) is 7.89. The Morgan fingerprint density at radius 3 is 2.47 bits per heavy atom. The van der Waals surface area contributed by atoms with Gasteiger partial charge in [0.2, 0.25) is 0 Å². The highest BCUT2D eigenvalue weighted by molar-refractivity contribution is 5.00. The van der Waals surface area contributed by atoms with Crippen molar-refractivity contribution >= 4 is 0 Å². The van der Waals surface area contributed by atoms with Gasteiger partial charge in [0.15, 0.2) is 0 Å². The lowest BCUT2D eigenvalue weighted by Gasteiger charge is -2.26. The van der Waals surface area contributed by atoms with Crippen molar-refractivity contribution in [2.24, 2.45) is 18.9 Å². The number of aromatic nitrogens is 2. The summed E-state index contributed by atoms with van der Waals surface area (Å²) in [6, 6.07) is 2.13. The van der Waals surface area contributed by atoms with Crippen molar-refractivity contribution in [3.63, 3.8) is 0 Å². The molecule has 0 bridgehead atoms. The second-order valence-corrected chi connectivity index (χ2v) is 7.11. The average molecular weight is 265 g/mol. The van der Waals surface area contributed by atoms with E-state index in [2.05, 4.69) is 51.1 Å². The molecular weight excluding hydrogens is 234 g/mol. The molecule has 0 saturated heterocycles. The van der Waals surface area contributed by atoms with E-state index in [0.717, 1.165) is 24.8 Å². The molecule has 3 nitrogen and oxygen atoms in total. The van der Waals surface area contributed by atoms with E-state index < -0.39 is 0 Å². The summed E-state index contributed by atoms with van der Waals surface area (Å²) < 4.78 is 1.99. The summed E-state index contributed by atoms with van der Waals surface area (Å²) >= 11 is 0. The monoisotopic (exact) mass is 265 g/mol. The minimum absolute atomic E-state index is 0.210. The zero-order chi connectivity index (χ0) is 14.5. The Bertz CT molecular complexity index is 360. The Labute approximate surface area is 118 Å². The van der Waals surface area contributed by atoms with Crippen molar-refractivity contribution in [2.75, 3.05) is 6.54 Å². The van der Waals surface area contributed by atoms with Gasteiger partial charge >= 0.3 is 0 Å². The van der Waals surface area contributed by atoms with E-state index in [4.69, 9.17) is 0 Å². The number of rotatable bonds is 7. The molecule has 0 aliphatic heterocycles. The average Bonchev–Trinajstić information content (AvgIpc) is 2.66. The first-order valence-corrected chi connectivity index (χ1v) is 7.50. The van der Waals surface area contributed by atoms with Gasteiger partial charge in [-0.3, -0.25) is 4.68 Å². The fraction of sp³-hybridized carbons (Fsp3) is 0.812. The molecular formula is C16H31N3. The molecule has 1 aromatic rings. The van der Waals surface area contributed by atoms with Crippen molar-refractivity contribution < 1.29 is 0 Å². The van der Waals surface area contributed by atoms with Crippen LogP contribution in [0.5, 0.6) is 0 Å². The summed E-state index contributed by atoms with van der Waals surface area (Å²) in [6.45, 7) is 12.4. The SMILES string of the molecule is CC(C)CC(CCc1ccnn1C)CNC(C)(C)C. The highest BCUT2D eigenvalue weighted by Gasteiger charge is 2.16. The quantitative estimate of drug-likeness (QED) is 0.819. The first-order valence-electron chi connectivity index (χ1n) is 7.50. The molecule has 0 radical (unpaired) electrons. The van der Waals surface area contributed by atoms with E-state index in [-0.39, 0.29) is 5.54 Å². The van der Waals surface area contributed by atoms with Crippen LogP contribution >= 0.6 is 0 Å². The normalized spacial score (nSPS) is 14.1. The van der Waals surface area contributed by atoms with Crippen LogP contribution in [0.1, 0.15) is 53.2 Å². The molecule has 0 aliphatic rings. The Kier molecular flexibility index (Phi) is 6.05. The minimum atomic E-state index is 0.210. The predicted octanol–water partition coefficient (Wildman–Crippen LogP) is 3.40. The van der Waals surface area contributed by atoms with Crippen LogP contribution in [0, 0.1) is 11.8 Å². The van der Waals surface area contributed by atoms with Crippen molar-refractivity contribution in [1.29, 1.82) is 0 Å². The second kappa shape index (κ2) is 7.09. The van der Waals surface area contributed by atoms with Crippen LogP contribution in [0.4, 0.5) is 0 Å². The Morgan fingerprint density at radius 1 is 1.32 bits per heavy atom. The molecule has 0 saturated carbocycles. The van der Waals surface area contributed by atoms with Gasteiger partial charge < -0.3 is 5.32 Å². The van der Waals surface area contributed by atoms with E-state index in [1.54, 1.807) is 0 Å². The second-order valence-electron chi connectivity index (χ2n) is 7.11. The maximum absolute atomic E-state index is 4.24. The maximum atomic E-state index is 4.24. The van der Waals surface area contributed by atoms with E-state index in [0.29, 0.717) is 0 Å². The highest BCUT2D eigenvalue weighted by atomic mass is 15.2. The molecule has 1 atom stereocenters. The summed E-state index contributed by atoms with van der Waals surface area (Å²) in [5.74, 6) is 1.51. The van der Waals surface area contributed by atoms with Crippen molar-refractivity contribution in [3.05, 3.63) is 18.0 Å². The van der Waals surface area contributed by atoms with Gasteiger partial charge in [-0.05, 0) is 64.5 Å². The van der Waals surface area contributed by atoms with Gasteiger partial charge in [-0.2, -0.15) is 5.10 Å². The summed E-state index contributed by atoms with van der Waals surface area (Å²) in [4.78, 5) is 0. The molecule has 3 heteroatoms. The molecule has 1 N–H and O–H groups in total. The molecule has 0 amide bonds. The van der Waals surface area contributed by atoms with Crippen LogP contribution in [0.3, 0.4) is 0 Å². The fourth-order valence-electron chi connectivity index (χ4n) is 2.42. The smallest absolute Gasteiger partial charge is 0.0492 e. The number of nitrogens with one attached hydrogen (secondary N) is 1. The largest absolute Gasteiger partial charge is 0.312 e.